The van der Waals surface area contributed by atoms with Crippen molar-refractivity contribution in [2.45, 2.75) is 53.6 Å². The third kappa shape index (κ3) is 3.03. The first-order chi connectivity index (χ1) is 8.11. The number of piperazine rings is 1. The maximum Gasteiger partial charge on any atom is 0.210 e. The highest BCUT2D eigenvalue weighted by Crippen LogP contribution is 2.33. The molecule has 4 nitrogen and oxygen atoms in total. The molecule has 0 bridgehead atoms. The molecule has 0 saturated carbocycles. The molecule has 0 aliphatic carbocycles. The largest absolute Gasteiger partial charge is 0.338 e. The Kier molecular flexibility index (Phi) is 4.08. The van der Waals surface area contributed by atoms with Crippen LogP contribution in [-0.4, -0.2) is 47.8 Å². The Labute approximate surface area is 110 Å². The van der Waals surface area contributed by atoms with Gasteiger partial charge in [0.1, 0.15) is 0 Å². The molecule has 0 unspecified atom stereocenters. The molecule has 0 N–H and O–H groups in total. The van der Waals surface area contributed by atoms with E-state index in [1.54, 1.807) is 0 Å². The van der Waals surface area contributed by atoms with Crippen LogP contribution in [0.4, 0.5) is 0 Å². The maximum atomic E-state index is 11.3. The van der Waals surface area contributed by atoms with Gasteiger partial charge in [-0.25, -0.2) is 0 Å². The Balaban J connectivity index is 3.00. The standard InChI is InChI=1S/C14H26N2O2/c1-13(2,3)11-7-16(10-18)12(14(4,5)6)8-15(11)9-17/h9-12H,7-8H2,1-6H3/t11-,12-/m0/s1. The Morgan fingerprint density at radius 3 is 1.22 bits per heavy atom. The molecule has 1 fully saturated rings. The zero-order valence-electron chi connectivity index (χ0n) is 12.4. The summed E-state index contributed by atoms with van der Waals surface area (Å²) in [6, 6.07) is 0.164. The van der Waals surface area contributed by atoms with E-state index in [0.717, 1.165) is 12.8 Å². The topological polar surface area (TPSA) is 40.6 Å². The number of amides is 2. The van der Waals surface area contributed by atoms with Gasteiger partial charge in [0, 0.05) is 13.1 Å². The molecule has 1 rings (SSSR count). The molecule has 1 aliphatic heterocycles. The minimum Gasteiger partial charge on any atom is -0.338 e. The average Bonchev–Trinajstić information content (AvgIpc) is 2.24. The lowest BCUT2D eigenvalue weighted by atomic mass is 9.79. The number of hydrogen-bond acceptors (Lipinski definition) is 2. The second kappa shape index (κ2) is 4.90. The summed E-state index contributed by atoms with van der Waals surface area (Å²) < 4.78 is 0. The normalized spacial score (nSPS) is 26.1. The second-order valence-electron chi connectivity index (χ2n) is 7.37. The summed E-state index contributed by atoms with van der Waals surface area (Å²) in [6.45, 7) is 13.9. The van der Waals surface area contributed by atoms with Gasteiger partial charge < -0.3 is 9.80 Å². The van der Waals surface area contributed by atoms with Crippen molar-refractivity contribution in [1.29, 1.82) is 0 Å². The Hall–Kier alpha value is -1.06. The minimum absolute atomic E-state index is 0.0228. The Morgan fingerprint density at radius 1 is 0.778 bits per heavy atom. The summed E-state index contributed by atoms with van der Waals surface area (Å²) in [4.78, 5) is 26.3. The van der Waals surface area contributed by atoms with Crippen LogP contribution in [0.25, 0.3) is 0 Å². The van der Waals surface area contributed by atoms with Gasteiger partial charge in [-0.05, 0) is 10.8 Å². The van der Waals surface area contributed by atoms with Crippen LogP contribution in [0, 0.1) is 10.8 Å². The lowest BCUT2D eigenvalue weighted by molar-refractivity contribution is -0.140. The third-order valence-electron chi connectivity index (χ3n) is 3.84. The van der Waals surface area contributed by atoms with E-state index in [-0.39, 0.29) is 22.9 Å². The molecule has 18 heavy (non-hydrogen) atoms. The van der Waals surface area contributed by atoms with Gasteiger partial charge in [-0.15, -0.1) is 0 Å². The van der Waals surface area contributed by atoms with Crippen LogP contribution in [0.5, 0.6) is 0 Å². The smallest absolute Gasteiger partial charge is 0.210 e. The fraction of sp³-hybridized carbons (Fsp3) is 0.857. The van der Waals surface area contributed by atoms with E-state index < -0.39 is 0 Å². The van der Waals surface area contributed by atoms with Crippen molar-refractivity contribution in [3.8, 4) is 0 Å². The molecule has 0 aromatic rings. The molecule has 104 valence electrons. The van der Waals surface area contributed by atoms with Crippen molar-refractivity contribution in [3.63, 3.8) is 0 Å². The predicted molar refractivity (Wildman–Crippen MR) is 72.0 cm³/mol. The van der Waals surface area contributed by atoms with Crippen LogP contribution in [0.15, 0.2) is 0 Å². The second-order valence-corrected chi connectivity index (χ2v) is 7.37. The van der Waals surface area contributed by atoms with Gasteiger partial charge >= 0.3 is 0 Å². The summed E-state index contributed by atoms with van der Waals surface area (Å²) in [5, 5.41) is 0. The Bertz CT molecular complexity index is 283. The fourth-order valence-electron chi connectivity index (χ4n) is 2.64. The molecule has 1 saturated heterocycles. The van der Waals surface area contributed by atoms with Crippen molar-refractivity contribution in [2.75, 3.05) is 13.1 Å². The molecular weight excluding hydrogens is 228 g/mol. The van der Waals surface area contributed by atoms with E-state index in [1.807, 2.05) is 9.80 Å². The van der Waals surface area contributed by atoms with Crippen LogP contribution in [0.1, 0.15) is 41.5 Å². The molecule has 2 amide bonds. The average molecular weight is 254 g/mol. The van der Waals surface area contributed by atoms with E-state index in [0.29, 0.717) is 13.1 Å². The molecule has 1 heterocycles. The molecule has 1 aliphatic rings. The van der Waals surface area contributed by atoms with Crippen LogP contribution in [-0.2, 0) is 9.59 Å². The first-order valence-corrected chi connectivity index (χ1v) is 6.53. The molecule has 0 aromatic heterocycles. The van der Waals surface area contributed by atoms with Crippen molar-refractivity contribution < 1.29 is 9.59 Å². The number of carbonyl (C=O) groups excluding carboxylic acids is 2. The molecule has 0 radical (unpaired) electrons. The number of carbonyl (C=O) groups is 2. The van der Waals surface area contributed by atoms with Crippen molar-refractivity contribution in [1.82, 2.24) is 9.80 Å². The lowest BCUT2D eigenvalue weighted by Gasteiger charge is -2.51. The van der Waals surface area contributed by atoms with Gasteiger partial charge in [-0.3, -0.25) is 9.59 Å². The zero-order valence-corrected chi connectivity index (χ0v) is 12.4. The number of nitrogens with zero attached hydrogens (tertiary/aromatic N) is 2. The third-order valence-corrected chi connectivity index (χ3v) is 3.84. The van der Waals surface area contributed by atoms with Crippen molar-refractivity contribution in [2.24, 2.45) is 10.8 Å². The number of rotatable bonds is 2. The van der Waals surface area contributed by atoms with Crippen molar-refractivity contribution >= 4 is 12.8 Å². The first kappa shape index (κ1) is 15.0. The van der Waals surface area contributed by atoms with E-state index in [4.69, 9.17) is 0 Å². The molecule has 0 spiro atoms. The first-order valence-electron chi connectivity index (χ1n) is 6.53. The van der Waals surface area contributed by atoms with E-state index in [1.165, 1.54) is 0 Å². The van der Waals surface area contributed by atoms with Crippen LogP contribution in [0.2, 0.25) is 0 Å². The zero-order chi connectivity index (χ0) is 14.1. The van der Waals surface area contributed by atoms with Crippen LogP contribution < -0.4 is 0 Å². The molecule has 4 heteroatoms. The molecule has 2 atom stereocenters. The van der Waals surface area contributed by atoms with E-state index in [9.17, 15) is 9.59 Å². The van der Waals surface area contributed by atoms with Gasteiger partial charge in [0.25, 0.3) is 0 Å². The highest BCUT2D eigenvalue weighted by Gasteiger charge is 2.42. The summed E-state index contributed by atoms with van der Waals surface area (Å²) >= 11 is 0. The van der Waals surface area contributed by atoms with Gasteiger partial charge in [0.05, 0.1) is 12.1 Å². The molecule has 0 aromatic carbocycles. The SMILES string of the molecule is CC(C)(C)[C@@H]1CN(C=O)[C@H](C(C)(C)C)CN1C=O. The summed E-state index contributed by atoms with van der Waals surface area (Å²) in [5.74, 6) is 0. The quantitative estimate of drug-likeness (QED) is 0.704. The summed E-state index contributed by atoms with van der Waals surface area (Å²) in [7, 11) is 0. The van der Waals surface area contributed by atoms with Gasteiger partial charge in [0.15, 0.2) is 0 Å². The number of hydrogen-bond donors (Lipinski definition) is 0. The minimum atomic E-state index is -0.0228. The fourth-order valence-corrected chi connectivity index (χ4v) is 2.64. The summed E-state index contributed by atoms with van der Waals surface area (Å²) in [5.41, 5.74) is -0.0456. The van der Waals surface area contributed by atoms with Crippen LogP contribution in [0.3, 0.4) is 0 Å². The van der Waals surface area contributed by atoms with Gasteiger partial charge in [-0.2, -0.15) is 0 Å². The highest BCUT2D eigenvalue weighted by atomic mass is 16.1. The monoisotopic (exact) mass is 254 g/mol. The van der Waals surface area contributed by atoms with E-state index >= 15 is 0 Å². The Morgan fingerprint density at radius 2 is 1.06 bits per heavy atom. The van der Waals surface area contributed by atoms with Gasteiger partial charge in [0.2, 0.25) is 12.8 Å². The van der Waals surface area contributed by atoms with Crippen molar-refractivity contribution in [3.05, 3.63) is 0 Å². The van der Waals surface area contributed by atoms with E-state index in [2.05, 4.69) is 41.5 Å². The highest BCUT2D eigenvalue weighted by molar-refractivity contribution is 5.53. The maximum absolute atomic E-state index is 11.3. The summed E-state index contributed by atoms with van der Waals surface area (Å²) in [6.07, 6.45) is 1.85. The predicted octanol–water partition coefficient (Wildman–Crippen LogP) is 1.75. The molecular formula is C14H26N2O2. The van der Waals surface area contributed by atoms with Gasteiger partial charge in [-0.1, -0.05) is 41.5 Å². The lowest BCUT2D eigenvalue weighted by Crippen LogP contribution is -2.64. The van der Waals surface area contributed by atoms with Crippen LogP contribution >= 0.6 is 0 Å².